The van der Waals surface area contributed by atoms with Crippen LogP contribution in [-0.2, 0) is 4.79 Å². The molecule has 1 aliphatic rings. The summed E-state index contributed by atoms with van der Waals surface area (Å²) in [7, 11) is 0. The lowest BCUT2D eigenvalue weighted by Gasteiger charge is -2.14. The topological polar surface area (TPSA) is 66.9 Å². The van der Waals surface area contributed by atoms with Gasteiger partial charge in [-0.2, -0.15) is 5.26 Å². The van der Waals surface area contributed by atoms with E-state index in [1.807, 2.05) is 6.07 Å². The summed E-state index contributed by atoms with van der Waals surface area (Å²) in [5.41, 5.74) is 4.19. The molecule has 0 aromatic carbocycles. The number of primary amides is 1. The van der Waals surface area contributed by atoms with Crippen LogP contribution >= 0.6 is 31.9 Å². The highest BCUT2D eigenvalue weighted by atomic mass is 79.9. The Hall–Kier alpha value is -0.0800. The fraction of sp³-hybridized carbons (Fsp3) is 0.714. The number of amides is 1. The molecule has 0 bridgehead atoms. The van der Waals surface area contributed by atoms with E-state index in [9.17, 15) is 4.79 Å². The van der Waals surface area contributed by atoms with Gasteiger partial charge < -0.3 is 5.73 Å². The fourth-order valence-electron chi connectivity index (χ4n) is 1.35. The Bertz CT molecular complexity index is 238. The number of halogens is 2. The number of rotatable bonds is 1. The van der Waals surface area contributed by atoms with Crippen molar-refractivity contribution in [2.45, 2.75) is 22.5 Å². The molecule has 0 spiro atoms. The number of carbonyl (C=O) groups is 1. The second-order valence-corrected chi connectivity index (χ2v) is 5.35. The molecule has 2 N–H and O–H groups in total. The Morgan fingerprint density at radius 2 is 1.92 bits per heavy atom. The normalized spacial score (nSPS) is 32.8. The molecule has 3 nitrogen and oxygen atoms in total. The highest BCUT2D eigenvalue weighted by Gasteiger charge is 2.48. The van der Waals surface area contributed by atoms with Crippen LogP contribution in [0.5, 0.6) is 0 Å². The Labute approximate surface area is 87.6 Å². The van der Waals surface area contributed by atoms with Gasteiger partial charge >= 0.3 is 0 Å². The number of alkyl halides is 2. The number of hydrogen-bond acceptors (Lipinski definition) is 2. The van der Waals surface area contributed by atoms with Gasteiger partial charge in [0.05, 0.1) is 6.07 Å². The van der Waals surface area contributed by atoms with Crippen molar-refractivity contribution in [2.24, 2.45) is 11.1 Å². The van der Waals surface area contributed by atoms with Gasteiger partial charge in [-0.1, -0.05) is 31.9 Å². The molecule has 1 saturated carbocycles. The molecular weight excluding hydrogens is 288 g/mol. The van der Waals surface area contributed by atoms with Crippen molar-refractivity contribution in [3.8, 4) is 6.07 Å². The summed E-state index contributed by atoms with van der Waals surface area (Å²) in [5, 5.41) is 8.83. The predicted octanol–water partition coefficient (Wildman–Crippen LogP) is 1.30. The Morgan fingerprint density at radius 3 is 2.08 bits per heavy atom. The highest BCUT2D eigenvalue weighted by Crippen LogP contribution is 2.44. The van der Waals surface area contributed by atoms with E-state index in [1.54, 1.807) is 0 Å². The number of nitrogens with zero attached hydrogens (tertiary/aromatic N) is 1. The van der Waals surface area contributed by atoms with Gasteiger partial charge in [0, 0.05) is 9.65 Å². The number of nitrogens with two attached hydrogens (primary N) is 1. The van der Waals surface area contributed by atoms with Crippen molar-refractivity contribution >= 4 is 37.8 Å². The summed E-state index contributed by atoms with van der Waals surface area (Å²) in [4.78, 5) is 11.3. The second-order valence-electron chi connectivity index (χ2n) is 3.00. The molecule has 0 radical (unpaired) electrons. The lowest BCUT2D eigenvalue weighted by Crippen LogP contribution is -2.33. The van der Waals surface area contributed by atoms with Crippen molar-refractivity contribution < 1.29 is 4.79 Å². The van der Waals surface area contributed by atoms with Crippen LogP contribution < -0.4 is 5.73 Å². The molecule has 1 amide bonds. The zero-order valence-electron chi connectivity index (χ0n) is 6.26. The SMILES string of the molecule is N#CC1(C(N)=O)C[C@@H](Br)[C@H](Br)C1. The van der Waals surface area contributed by atoms with E-state index in [1.165, 1.54) is 0 Å². The largest absolute Gasteiger partial charge is 0.368 e. The number of hydrogen-bond donors (Lipinski definition) is 1. The molecule has 0 aliphatic heterocycles. The predicted molar refractivity (Wildman–Crippen MR) is 51.9 cm³/mol. The summed E-state index contributed by atoms with van der Waals surface area (Å²) in [5.74, 6) is -0.517. The van der Waals surface area contributed by atoms with Crippen molar-refractivity contribution in [3.05, 3.63) is 0 Å². The smallest absolute Gasteiger partial charge is 0.237 e. The van der Waals surface area contributed by atoms with Crippen molar-refractivity contribution in [1.82, 2.24) is 0 Å². The van der Waals surface area contributed by atoms with Gasteiger partial charge in [0.2, 0.25) is 5.91 Å². The first-order valence-corrected chi connectivity index (χ1v) is 5.34. The minimum absolute atomic E-state index is 0.157. The van der Waals surface area contributed by atoms with Crippen LogP contribution in [0, 0.1) is 16.7 Å². The van der Waals surface area contributed by atoms with Crippen LogP contribution in [0.15, 0.2) is 0 Å². The molecule has 1 aliphatic carbocycles. The van der Waals surface area contributed by atoms with E-state index >= 15 is 0 Å². The minimum atomic E-state index is -0.970. The Morgan fingerprint density at radius 1 is 1.50 bits per heavy atom. The van der Waals surface area contributed by atoms with Crippen LogP contribution in [0.3, 0.4) is 0 Å². The highest BCUT2D eigenvalue weighted by molar-refractivity contribution is 9.12. The monoisotopic (exact) mass is 294 g/mol. The summed E-state index contributed by atoms with van der Waals surface area (Å²) >= 11 is 6.77. The second kappa shape index (κ2) is 3.35. The molecule has 0 unspecified atom stereocenters. The molecular formula is C7H8Br2N2O. The molecule has 0 aromatic rings. The van der Waals surface area contributed by atoms with Gasteiger partial charge in [-0.25, -0.2) is 0 Å². The van der Waals surface area contributed by atoms with Crippen LogP contribution in [0.1, 0.15) is 12.8 Å². The van der Waals surface area contributed by atoms with Crippen LogP contribution in [0.2, 0.25) is 0 Å². The molecule has 0 saturated heterocycles. The van der Waals surface area contributed by atoms with Crippen molar-refractivity contribution in [1.29, 1.82) is 5.26 Å². The molecule has 2 atom stereocenters. The summed E-state index contributed by atoms with van der Waals surface area (Å²) in [6.45, 7) is 0. The van der Waals surface area contributed by atoms with Gasteiger partial charge in [0.25, 0.3) is 0 Å². The van der Waals surface area contributed by atoms with Crippen molar-refractivity contribution in [3.63, 3.8) is 0 Å². The van der Waals surface area contributed by atoms with Gasteiger partial charge in [0.1, 0.15) is 5.41 Å². The molecule has 12 heavy (non-hydrogen) atoms. The van der Waals surface area contributed by atoms with Gasteiger partial charge in [-0.05, 0) is 12.8 Å². The van der Waals surface area contributed by atoms with E-state index in [2.05, 4.69) is 31.9 Å². The van der Waals surface area contributed by atoms with Gasteiger partial charge in [0.15, 0.2) is 0 Å². The molecule has 66 valence electrons. The Kier molecular flexibility index (Phi) is 2.79. The first kappa shape index (κ1) is 10.0. The number of nitriles is 1. The van der Waals surface area contributed by atoms with Gasteiger partial charge in [-0.3, -0.25) is 4.79 Å². The van der Waals surface area contributed by atoms with E-state index in [0.29, 0.717) is 12.8 Å². The summed E-state index contributed by atoms with van der Waals surface area (Å²) < 4.78 is 0. The maximum atomic E-state index is 11.0. The third-order valence-electron chi connectivity index (χ3n) is 2.17. The first-order valence-electron chi connectivity index (χ1n) is 3.51. The summed E-state index contributed by atoms with van der Waals surface area (Å²) in [6, 6.07) is 2.00. The first-order chi connectivity index (χ1) is 5.52. The van der Waals surface area contributed by atoms with Crippen molar-refractivity contribution in [2.75, 3.05) is 0 Å². The van der Waals surface area contributed by atoms with Crippen LogP contribution in [0.25, 0.3) is 0 Å². The minimum Gasteiger partial charge on any atom is -0.368 e. The number of carbonyl (C=O) groups excluding carboxylic acids is 1. The zero-order chi connectivity index (χ0) is 9.35. The molecule has 0 heterocycles. The van der Waals surface area contributed by atoms with E-state index in [0.717, 1.165) is 0 Å². The van der Waals surface area contributed by atoms with Crippen LogP contribution in [0.4, 0.5) is 0 Å². The standard InChI is InChI=1S/C7H8Br2N2O/c8-4-1-7(3-10,6(11)12)2-5(4)9/h4-5H,1-2H2,(H2,11,12)/t4-,5-/m1/s1. The third-order valence-corrected chi connectivity index (χ3v) is 4.80. The van der Waals surface area contributed by atoms with E-state index < -0.39 is 11.3 Å². The van der Waals surface area contributed by atoms with E-state index in [4.69, 9.17) is 11.0 Å². The molecule has 5 heteroatoms. The Balaban J connectivity index is 2.88. The lowest BCUT2D eigenvalue weighted by molar-refractivity contribution is -0.124. The maximum absolute atomic E-state index is 11.0. The third kappa shape index (κ3) is 1.50. The average molecular weight is 296 g/mol. The molecule has 1 rings (SSSR count). The lowest BCUT2D eigenvalue weighted by atomic mass is 9.87. The molecule has 1 fully saturated rings. The fourth-order valence-corrected chi connectivity index (χ4v) is 2.83. The van der Waals surface area contributed by atoms with E-state index in [-0.39, 0.29) is 9.65 Å². The zero-order valence-corrected chi connectivity index (χ0v) is 9.43. The van der Waals surface area contributed by atoms with Crippen LogP contribution in [-0.4, -0.2) is 15.6 Å². The quantitative estimate of drug-likeness (QED) is 0.741. The maximum Gasteiger partial charge on any atom is 0.237 e. The molecule has 0 aromatic heterocycles. The summed E-state index contributed by atoms with van der Waals surface area (Å²) in [6.07, 6.45) is 0.990. The van der Waals surface area contributed by atoms with Gasteiger partial charge in [-0.15, -0.1) is 0 Å². The average Bonchev–Trinajstić information content (AvgIpc) is 2.29.